The van der Waals surface area contributed by atoms with Crippen molar-refractivity contribution in [1.82, 2.24) is 24.3 Å². The summed E-state index contributed by atoms with van der Waals surface area (Å²) in [5.74, 6) is 0.148. The second-order valence-corrected chi connectivity index (χ2v) is 12.1. The van der Waals surface area contributed by atoms with E-state index in [0.29, 0.717) is 42.0 Å². The molecule has 0 N–H and O–H groups in total. The van der Waals surface area contributed by atoms with Gasteiger partial charge in [0.2, 0.25) is 0 Å². The van der Waals surface area contributed by atoms with Crippen LogP contribution in [0.4, 0.5) is 4.79 Å². The van der Waals surface area contributed by atoms with E-state index in [1.165, 1.54) is 5.56 Å². The zero-order chi connectivity index (χ0) is 29.1. The van der Waals surface area contributed by atoms with E-state index in [2.05, 4.69) is 56.6 Å². The van der Waals surface area contributed by atoms with Gasteiger partial charge in [-0.25, -0.2) is 9.78 Å². The number of halogens is 1. The van der Waals surface area contributed by atoms with E-state index < -0.39 is 0 Å². The standard InChI is InChI=1S/C33H42ClN5O2/c1-23-20-31(34)35-25(3)32(23)30(40)14-8-10-24(2)37-18-15-27(16-19-37)39-29(26-11-6-5-7-12-26)22-38(33(39)41)21-28-13-9-17-36(28)4/h5-7,9,11-13,17,20,24,27,29H,8,10,14-16,18-19,21-22H2,1-4H3/t24?,29-/m0/s1. The molecule has 2 fully saturated rings. The number of carbonyl (C=O) groups is 2. The van der Waals surface area contributed by atoms with E-state index >= 15 is 0 Å². The molecule has 3 aromatic rings. The molecule has 2 aliphatic heterocycles. The Morgan fingerprint density at radius 1 is 1.10 bits per heavy atom. The third-order valence-corrected chi connectivity index (χ3v) is 9.19. The summed E-state index contributed by atoms with van der Waals surface area (Å²) in [6, 6.07) is 17.2. The molecule has 2 saturated heterocycles. The summed E-state index contributed by atoms with van der Waals surface area (Å²) in [6.45, 7) is 9.30. The number of aryl methyl sites for hydroxylation is 3. The van der Waals surface area contributed by atoms with Crippen molar-refractivity contribution in [3.05, 3.63) is 88.0 Å². The number of carbonyl (C=O) groups excluding carboxylic acids is 2. The molecule has 1 unspecified atom stereocenters. The van der Waals surface area contributed by atoms with E-state index in [4.69, 9.17) is 11.6 Å². The minimum absolute atomic E-state index is 0.0678. The highest BCUT2D eigenvalue weighted by Crippen LogP contribution is 2.36. The van der Waals surface area contributed by atoms with Crippen LogP contribution in [0.2, 0.25) is 5.15 Å². The van der Waals surface area contributed by atoms with Crippen molar-refractivity contribution in [2.24, 2.45) is 7.05 Å². The lowest BCUT2D eigenvalue weighted by molar-refractivity contribution is 0.0889. The monoisotopic (exact) mass is 575 g/mol. The average molecular weight is 576 g/mol. The van der Waals surface area contributed by atoms with Gasteiger partial charge in [0.25, 0.3) is 0 Å². The number of likely N-dealkylation sites (tertiary alicyclic amines) is 1. The van der Waals surface area contributed by atoms with Crippen LogP contribution in [0.1, 0.15) is 77.9 Å². The van der Waals surface area contributed by atoms with Gasteiger partial charge in [-0.15, -0.1) is 0 Å². The Balaban J connectivity index is 1.17. The molecule has 2 aliphatic rings. The lowest BCUT2D eigenvalue weighted by atomic mass is 9.96. The van der Waals surface area contributed by atoms with Crippen LogP contribution < -0.4 is 0 Å². The summed E-state index contributed by atoms with van der Waals surface area (Å²) in [5, 5.41) is 0.433. The number of rotatable bonds is 10. The molecule has 0 saturated carbocycles. The SMILES string of the molecule is Cc1cc(Cl)nc(C)c1C(=O)CCCC(C)N1CCC(N2C(=O)N(Cc3cccn3C)C[C@H]2c2ccccc2)CC1. The Bertz CT molecular complexity index is 1340. The van der Waals surface area contributed by atoms with Crippen molar-refractivity contribution in [2.75, 3.05) is 19.6 Å². The molecule has 1 aromatic carbocycles. The fraction of sp³-hybridized carbons (Fsp3) is 0.485. The molecule has 0 spiro atoms. The number of piperidine rings is 1. The Morgan fingerprint density at radius 3 is 2.49 bits per heavy atom. The molecule has 2 atom stereocenters. The molecule has 41 heavy (non-hydrogen) atoms. The van der Waals surface area contributed by atoms with Gasteiger partial charge in [0.05, 0.1) is 18.3 Å². The van der Waals surface area contributed by atoms with Crippen molar-refractivity contribution in [3.8, 4) is 0 Å². The van der Waals surface area contributed by atoms with Gasteiger partial charge >= 0.3 is 6.03 Å². The zero-order valence-electron chi connectivity index (χ0n) is 24.7. The summed E-state index contributed by atoms with van der Waals surface area (Å²) < 4.78 is 2.09. The van der Waals surface area contributed by atoms with Gasteiger partial charge < -0.3 is 19.3 Å². The summed E-state index contributed by atoms with van der Waals surface area (Å²) >= 11 is 6.05. The third kappa shape index (κ3) is 6.52. The topological polar surface area (TPSA) is 61.7 Å². The van der Waals surface area contributed by atoms with Crippen LogP contribution in [0.15, 0.2) is 54.7 Å². The number of ketones is 1. The molecular weight excluding hydrogens is 534 g/mol. The van der Waals surface area contributed by atoms with Crippen LogP contribution in [0.3, 0.4) is 0 Å². The van der Waals surface area contributed by atoms with Gasteiger partial charge in [-0.3, -0.25) is 4.79 Å². The van der Waals surface area contributed by atoms with Crippen molar-refractivity contribution < 1.29 is 9.59 Å². The number of nitrogens with zero attached hydrogens (tertiary/aromatic N) is 5. The minimum Gasteiger partial charge on any atom is -0.353 e. The van der Waals surface area contributed by atoms with Crippen molar-refractivity contribution >= 4 is 23.4 Å². The maximum absolute atomic E-state index is 13.8. The zero-order valence-corrected chi connectivity index (χ0v) is 25.5. The van der Waals surface area contributed by atoms with Crippen LogP contribution in [-0.4, -0.2) is 67.8 Å². The predicted molar refractivity (Wildman–Crippen MR) is 163 cm³/mol. The van der Waals surface area contributed by atoms with Gasteiger partial charge in [-0.1, -0.05) is 41.9 Å². The first-order valence-corrected chi connectivity index (χ1v) is 15.2. The lowest BCUT2D eigenvalue weighted by Crippen LogP contribution is -2.49. The van der Waals surface area contributed by atoms with Crippen LogP contribution in [0, 0.1) is 13.8 Å². The van der Waals surface area contributed by atoms with Crippen molar-refractivity contribution in [1.29, 1.82) is 0 Å². The lowest BCUT2D eigenvalue weighted by Gasteiger charge is -2.41. The molecule has 5 rings (SSSR count). The number of hydrogen-bond acceptors (Lipinski definition) is 4. The summed E-state index contributed by atoms with van der Waals surface area (Å²) in [6.07, 6.45) is 6.29. The van der Waals surface area contributed by atoms with Crippen molar-refractivity contribution in [3.63, 3.8) is 0 Å². The fourth-order valence-electron chi connectivity index (χ4n) is 6.69. The maximum Gasteiger partial charge on any atom is 0.321 e. The minimum atomic E-state index is 0.0678. The second kappa shape index (κ2) is 12.8. The van der Waals surface area contributed by atoms with Gasteiger partial charge in [0.15, 0.2) is 5.78 Å². The van der Waals surface area contributed by atoms with Crippen LogP contribution >= 0.6 is 11.6 Å². The highest BCUT2D eigenvalue weighted by atomic mass is 35.5. The molecule has 8 heteroatoms. The second-order valence-electron chi connectivity index (χ2n) is 11.8. The smallest absolute Gasteiger partial charge is 0.321 e. The normalized spacial score (nSPS) is 19.2. The van der Waals surface area contributed by atoms with E-state index in [-0.39, 0.29) is 23.9 Å². The number of pyridine rings is 1. The van der Waals surface area contributed by atoms with Gasteiger partial charge in [0.1, 0.15) is 5.15 Å². The number of benzene rings is 1. The number of hydrogen-bond donors (Lipinski definition) is 0. The summed E-state index contributed by atoms with van der Waals surface area (Å²) in [4.78, 5) is 37.7. The van der Waals surface area contributed by atoms with Gasteiger partial charge in [-0.05, 0) is 75.8 Å². The molecule has 2 amide bonds. The molecular formula is C33H42ClN5O2. The quantitative estimate of drug-likeness (QED) is 0.202. The van der Waals surface area contributed by atoms with E-state index in [0.717, 1.165) is 50.0 Å². The molecule has 2 aromatic heterocycles. The summed E-state index contributed by atoms with van der Waals surface area (Å²) in [5.41, 5.74) is 4.67. The third-order valence-electron chi connectivity index (χ3n) is 9.00. The van der Waals surface area contributed by atoms with Gasteiger partial charge in [-0.2, -0.15) is 0 Å². The van der Waals surface area contributed by atoms with E-state index in [1.54, 1.807) is 6.07 Å². The molecule has 0 bridgehead atoms. The molecule has 7 nitrogen and oxygen atoms in total. The first-order chi connectivity index (χ1) is 19.7. The predicted octanol–water partition coefficient (Wildman–Crippen LogP) is 6.58. The first kappa shape index (κ1) is 29.3. The summed E-state index contributed by atoms with van der Waals surface area (Å²) in [7, 11) is 2.03. The van der Waals surface area contributed by atoms with E-state index in [9.17, 15) is 9.59 Å². The molecule has 0 radical (unpaired) electrons. The molecule has 218 valence electrons. The van der Waals surface area contributed by atoms with Gasteiger partial charge in [0, 0.05) is 62.6 Å². The Labute approximate surface area is 249 Å². The van der Waals surface area contributed by atoms with Crippen LogP contribution in [-0.2, 0) is 13.6 Å². The van der Waals surface area contributed by atoms with Crippen LogP contribution in [0.5, 0.6) is 0 Å². The maximum atomic E-state index is 13.8. The number of Topliss-reactive ketones (excluding diaryl/α,β-unsaturated/α-hetero) is 1. The molecule has 0 aliphatic carbocycles. The van der Waals surface area contributed by atoms with E-state index in [1.807, 2.05) is 44.1 Å². The van der Waals surface area contributed by atoms with Crippen molar-refractivity contribution in [2.45, 2.75) is 77.5 Å². The number of aromatic nitrogens is 2. The first-order valence-electron chi connectivity index (χ1n) is 14.9. The average Bonchev–Trinajstić information content (AvgIpc) is 3.50. The largest absolute Gasteiger partial charge is 0.353 e. The molecule has 4 heterocycles. The number of amides is 2. The Morgan fingerprint density at radius 2 is 1.83 bits per heavy atom. The highest BCUT2D eigenvalue weighted by Gasteiger charge is 2.43. The highest BCUT2D eigenvalue weighted by molar-refractivity contribution is 6.29. The Hall–Kier alpha value is -3.16. The van der Waals surface area contributed by atoms with Crippen LogP contribution in [0.25, 0.3) is 0 Å². The Kier molecular flexibility index (Phi) is 9.15. The number of urea groups is 1. The fourth-order valence-corrected chi connectivity index (χ4v) is 6.98.